The highest BCUT2D eigenvalue weighted by molar-refractivity contribution is 4.81. The van der Waals surface area contributed by atoms with Gasteiger partial charge < -0.3 is 20.8 Å². The maximum Gasteiger partial charge on any atom is 0.0685 e. The molecule has 0 aliphatic carbocycles. The maximum absolute atomic E-state index is 9.45. The lowest BCUT2D eigenvalue weighted by Crippen LogP contribution is -2.45. The third kappa shape index (κ3) is 5.49. The molecule has 0 aromatic rings. The molecule has 74 valence electrons. The van der Waals surface area contributed by atoms with E-state index in [1.807, 2.05) is 19.0 Å². The van der Waals surface area contributed by atoms with Crippen molar-refractivity contribution in [1.82, 2.24) is 4.90 Å². The molecule has 0 aromatic heterocycles. The summed E-state index contributed by atoms with van der Waals surface area (Å²) in [5, 5.41) is 18.3. The van der Waals surface area contributed by atoms with Crippen LogP contribution in [-0.4, -0.2) is 54.0 Å². The van der Waals surface area contributed by atoms with Crippen LogP contribution in [0.25, 0.3) is 0 Å². The van der Waals surface area contributed by atoms with E-state index in [9.17, 15) is 5.11 Å². The topological polar surface area (TPSA) is 69.7 Å². The number of rotatable bonds is 5. The Labute approximate surface area is 74.0 Å². The number of nitrogens with two attached hydrogens (primary N) is 1. The SMILES string of the molecule is CN(C)CC(O)CC(C)(N)CO. The van der Waals surface area contributed by atoms with Crippen LogP contribution in [0.5, 0.6) is 0 Å². The summed E-state index contributed by atoms with van der Waals surface area (Å²) in [5.41, 5.74) is 4.99. The van der Waals surface area contributed by atoms with E-state index in [1.54, 1.807) is 6.92 Å². The van der Waals surface area contributed by atoms with Gasteiger partial charge in [0.05, 0.1) is 12.7 Å². The fraction of sp³-hybridized carbons (Fsp3) is 1.00. The summed E-state index contributed by atoms with van der Waals surface area (Å²) in [6.07, 6.45) is -0.0519. The Balaban J connectivity index is 3.75. The van der Waals surface area contributed by atoms with E-state index >= 15 is 0 Å². The second-order valence-corrected chi connectivity index (χ2v) is 3.93. The number of aliphatic hydroxyl groups excluding tert-OH is 2. The molecule has 0 saturated carbocycles. The van der Waals surface area contributed by atoms with E-state index < -0.39 is 11.6 Å². The Hall–Kier alpha value is -0.160. The van der Waals surface area contributed by atoms with Gasteiger partial charge in [-0.05, 0) is 27.4 Å². The Morgan fingerprint density at radius 1 is 1.50 bits per heavy atom. The number of nitrogens with zero attached hydrogens (tertiary/aromatic N) is 1. The minimum Gasteiger partial charge on any atom is -0.394 e. The van der Waals surface area contributed by atoms with Crippen LogP contribution in [0.1, 0.15) is 13.3 Å². The summed E-state index contributed by atoms with van der Waals surface area (Å²) < 4.78 is 0. The van der Waals surface area contributed by atoms with Crippen molar-refractivity contribution in [1.29, 1.82) is 0 Å². The van der Waals surface area contributed by atoms with Gasteiger partial charge in [-0.2, -0.15) is 0 Å². The first-order chi connectivity index (χ1) is 5.37. The van der Waals surface area contributed by atoms with E-state index in [0.29, 0.717) is 13.0 Å². The summed E-state index contributed by atoms with van der Waals surface area (Å²) in [5.74, 6) is 0. The van der Waals surface area contributed by atoms with Crippen LogP contribution in [0, 0.1) is 0 Å². The quantitative estimate of drug-likeness (QED) is 0.503. The molecule has 0 fully saturated rings. The monoisotopic (exact) mass is 176 g/mol. The van der Waals surface area contributed by atoms with Gasteiger partial charge in [-0.3, -0.25) is 0 Å². The average molecular weight is 176 g/mol. The predicted octanol–water partition coefficient (Wildman–Crippen LogP) is -0.991. The molecule has 0 radical (unpaired) electrons. The van der Waals surface area contributed by atoms with Gasteiger partial charge in [0.15, 0.2) is 0 Å². The number of hydrogen-bond acceptors (Lipinski definition) is 4. The molecule has 0 saturated heterocycles. The first-order valence-corrected chi connectivity index (χ1v) is 4.10. The highest BCUT2D eigenvalue weighted by Crippen LogP contribution is 2.08. The number of aliphatic hydroxyl groups is 2. The molecule has 2 atom stereocenters. The normalized spacial score (nSPS) is 19.2. The van der Waals surface area contributed by atoms with Crippen LogP contribution >= 0.6 is 0 Å². The van der Waals surface area contributed by atoms with Gasteiger partial charge >= 0.3 is 0 Å². The Morgan fingerprint density at radius 3 is 2.33 bits per heavy atom. The molecule has 0 heterocycles. The molecule has 0 spiro atoms. The molecule has 0 aliphatic heterocycles. The summed E-state index contributed by atoms with van der Waals surface area (Å²) in [6, 6.07) is 0. The molecule has 4 heteroatoms. The van der Waals surface area contributed by atoms with Crippen molar-refractivity contribution in [2.45, 2.75) is 25.0 Å². The average Bonchev–Trinajstić information content (AvgIpc) is 1.84. The highest BCUT2D eigenvalue weighted by Gasteiger charge is 2.21. The van der Waals surface area contributed by atoms with Crippen molar-refractivity contribution >= 4 is 0 Å². The van der Waals surface area contributed by atoms with E-state index in [-0.39, 0.29) is 6.61 Å². The minimum atomic E-state index is -0.671. The zero-order chi connectivity index (χ0) is 9.78. The Kier molecular flexibility index (Phi) is 4.70. The molecule has 4 nitrogen and oxygen atoms in total. The molecule has 0 aliphatic rings. The number of likely N-dealkylation sites (N-methyl/N-ethyl adjacent to an activating group) is 1. The molecule has 4 N–H and O–H groups in total. The minimum absolute atomic E-state index is 0.0997. The smallest absolute Gasteiger partial charge is 0.0685 e. The molecular formula is C8H20N2O2. The fourth-order valence-electron chi connectivity index (χ4n) is 1.09. The highest BCUT2D eigenvalue weighted by atomic mass is 16.3. The van der Waals surface area contributed by atoms with Crippen LogP contribution in [0.4, 0.5) is 0 Å². The van der Waals surface area contributed by atoms with E-state index in [1.165, 1.54) is 0 Å². The second kappa shape index (κ2) is 4.77. The summed E-state index contributed by atoms with van der Waals surface area (Å²) in [7, 11) is 3.77. The molecular weight excluding hydrogens is 156 g/mol. The lowest BCUT2D eigenvalue weighted by atomic mass is 9.96. The van der Waals surface area contributed by atoms with Crippen molar-refractivity contribution in [2.24, 2.45) is 5.73 Å². The third-order valence-electron chi connectivity index (χ3n) is 1.64. The van der Waals surface area contributed by atoms with Gasteiger partial charge in [-0.25, -0.2) is 0 Å². The lowest BCUT2D eigenvalue weighted by Gasteiger charge is -2.26. The zero-order valence-corrected chi connectivity index (χ0v) is 8.12. The van der Waals surface area contributed by atoms with E-state index in [4.69, 9.17) is 10.8 Å². The molecule has 0 amide bonds. The first kappa shape index (κ1) is 11.8. The molecule has 12 heavy (non-hydrogen) atoms. The van der Waals surface area contributed by atoms with Gasteiger partial charge in [0.1, 0.15) is 0 Å². The first-order valence-electron chi connectivity index (χ1n) is 4.10. The second-order valence-electron chi connectivity index (χ2n) is 3.93. The summed E-state index contributed by atoms with van der Waals surface area (Å²) in [4.78, 5) is 1.89. The Bertz CT molecular complexity index is 126. The van der Waals surface area contributed by atoms with E-state index in [2.05, 4.69) is 0 Å². The lowest BCUT2D eigenvalue weighted by molar-refractivity contribution is 0.0852. The summed E-state index contributed by atoms with van der Waals surface area (Å²) in [6.45, 7) is 2.20. The van der Waals surface area contributed by atoms with Crippen LogP contribution in [-0.2, 0) is 0 Å². The van der Waals surface area contributed by atoms with Crippen LogP contribution in [0.2, 0.25) is 0 Å². The van der Waals surface area contributed by atoms with Crippen LogP contribution in [0.3, 0.4) is 0 Å². The predicted molar refractivity (Wildman–Crippen MR) is 48.9 cm³/mol. The van der Waals surface area contributed by atoms with Crippen molar-refractivity contribution < 1.29 is 10.2 Å². The summed E-state index contributed by atoms with van der Waals surface area (Å²) >= 11 is 0. The maximum atomic E-state index is 9.45. The van der Waals surface area contributed by atoms with Gasteiger partial charge in [-0.1, -0.05) is 0 Å². The molecule has 0 aromatic carbocycles. The van der Waals surface area contributed by atoms with Crippen molar-refractivity contribution in [3.05, 3.63) is 0 Å². The van der Waals surface area contributed by atoms with Gasteiger partial charge in [-0.15, -0.1) is 0 Å². The number of hydrogen-bond donors (Lipinski definition) is 3. The molecule has 0 bridgehead atoms. The molecule has 0 rings (SSSR count). The van der Waals surface area contributed by atoms with Crippen LogP contribution in [0.15, 0.2) is 0 Å². The third-order valence-corrected chi connectivity index (χ3v) is 1.64. The zero-order valence-electron chi connectivity index (χ0n) is 8.12. The van der Waals surface area contributed by atoms with Crippen molar-refractivity contribution in [2.75, 3.05) is 27.2 Å². The van der Waals surface area contributed by atoms with Gasteiger partial charge in [0, 0.05) is 12.1 Å². The largest absolute Gasteiger partial charge is 0.394 e. The van der Waals surface area contributed by atoms with Gasteiger partial charge in [0.25, 0.3) is 0 Å². The van der Waals surface area contributed by atoms with Crippen LogP contribution < -0.4 is 5.73 Å². The van der Waals surface area contributed by atoms with E-state index in [0.717, 1.165) is 0 Å². The fourth-order valence-corrected chi connectivity index (χ4v) is 1.09. The van der Waals surface area contributed by atoms with Crippen molar-refractivity contribution in [3.63, 3.8) is 0 Å². The standard InChI is InChI=1S/C8H20N2O2/c1-8(9,6-11)4-7(12)5-10(2)3/h7,11-12H,4-6,9H2,1-3H3. The van der Waals surface area contributed by atoms with Crippen molar-refractivity contribution in [3.8, 4) is 0 Å². The van der Waals surface area contributed by atoms with Gasteiger partial charge in [0.2, 0.25) is 0 Å². The molecule has 2 unspecified atom stereocenters. The Morgan fingerprint density at radius 2 is 2.00 bits per heavy atom.